The molecular formula is C29H33FN6O. The average Bonchev–Trinajstić information content (AvgIpc) is 3.25. The lowest BCUT2D eigenvalue weighted by atomic mass is 10.1. The quantitative estimate of drug-likeness (QED) is 0.353. The molecule has 2 aromatic carbocycles. The summed E-state index contributed by atoms with van der Waals surface area (Å²) in [6, 6.07) is 14.0. The van der Waals surface area contributed by atoms with Gasteiger partial charge in [0.05, 0.1) is 16.8 Å². The van der Waals surface area contributed by atoms with Gasteiger partial charge in [0.15, 0.2) is 5.65 Å². The number of amides is 1. The van der Waals surface area contributed by atoms with Crippen molar-refractivity contribution in [1.82, 2.24) is 24.6 Å². The molecule has 4 aromatic rings. The molecule has 1 atom stereocenters. The molecule has 0 radical (unpaired) electrons. The molecule has 1 aliphatic rings. The van der Waals surface area contributed by atoms with Crippen LogP contribution in [-0.2, 0) is 0 Å². The maximum atomic E-state index is 13.6. The minimum atomic E-state index is -0.289. The number of carbonyl (C=O) groups is 1. The fourth-order valence-corrected chi connectivity index (χ4v) is 4.95. The molecule has 1 saturated heterocycles. The number of hydrogen-bond donors (Lipinski definition) is 0. The second-order valence-corrected chi connectivity index (χ2v) is 9.91. The molecule has 0 aliphatic carbocycles. The van der Waals surface area contributed by atoms with Crippen LogP contribution in [0.4, 0.5) is 10.2 Å². The average molecular weight is 501 g/mol. The Hall–Kier alpha value is -3.81. The number of carbonyl (C=O) groups excluding carboxylic acids is 1. The highest BCUT2D eigenvalue weighted by Gasteiger charge is 2.27. The van der Waals surface area contributed by atoms with E-state index >= 15 is 0 Å². The largest absolute Gasteiger partial charge is 0.352 e. The van der Waals surface area contributed by atoms with Gasteiger partial charge in [-0.25, -0.2) is 19.0 Å². The van der Waals surface area contributed by atoms with Gasteiger partial charge in [-0.3, -0.25) is 4.79 Å². The summed E-state index contributed by atoms with van der Waals surface area (Å²) < 4.78 is 15.4. The van der Waals surface area contributed by atoms with Crippen molar-refractivity contribution in [3.05, 3.63) is 77.0 Å². The highest BCUT2D eigenvalue weighted by atomic mass is 19.1. The van der Waals surface area contributed by atoms with Gasteiger partial charge in [0.25, 0.3) is 5.91 Å². The smallest absolute Gasteiger partial charge is 0.253 e. The van der Waals surface area contributed by atoms with Gasteiger partial charge in [0, 0.05) is 37.7 Å². The van der Waals surface area contributed by atoms with E-state index < -0.39 is 0 Å². The van der Waals surface area contributed by atoms with Crippen molar-refractivity contribution < 1.29 is 9.18 Å². The van der Waals surface area contributed by atoms with Gasteiger partial charge < -0.3 is 9.80 Å². The third kappa shape index (κ3) is 4.92. The number of nitrogens with zero attached hydrogens (tertiary/aromatic N) is 6. The molecule has 3 heterocycles. The van der Waals surface area contributed by atoms with Crippen molar-refractivity contribution in [3.63, 3.8) is 0 Å². The van der Waals surface area contributed by atoms with Crippen molar-refractivity contribution in [2.24, 2.45) is 0 Å². The number of halogens is 1. The second-order valence-electron chi connectivity index (χ2n) is 9.91. The number of fused-ring (bicyclic) bond motifs is 1. The van der Waals surface area contributed by atoms with Crippen LogP contribution < -0.4 is 4.90 Å². The van der Waals surface area contributed by atoms with E-state index in [1.165, 1.54) is 12.1 Å². The Morgan fingerprint density at radius 1 is 0.973 bits per heavy atom. The highest BCUT2D eigenvalue weighted by molar-refractivity contribution is 5.95. The Bertz CT molecular complexity index is 1410. The third-order valence-electron chi connectivity index (χ3n) is 7.10. The van der Waals surface area contributed by atoms with Crippen LogP contribution in [0.1, 0.15) is 60.0 Å². The number of aromatic nitrogens is 4. The van der Waals surface area contributed by atoms with Gasteiger partial charge in [-0.05, 0) is 56.7 Å². The molecular weight excluding hydrogens is 467 g/mol. The van der Waals surface area contributed by atoms with Gasteiger partial charge >= 0.3 is 0 Å². The summed E-state index contributed by atoms with van der Waals surface area (Å²) in [5, 5.41) is 5.68. The van der Waals surface area contributed by atoms with Gasteiger partial charge in [-0.15, -0.1) is 0 Å². The first-order valence-electron chi connectivity index (χ1n) is 13.0. The number of piperazine rings is 1. The molecule has 192 valence electrons. The van der Waals surface area contributed by atoms with E-state index in [1.54, 1.807) is 16.8 Å². The summed E-state index contributed by atoms with van der Waals surface area (Å²) in [5.41, 5.74) is 4.16. The summed E-state index contributed by atoms with van der Waals surface area (Å²) in [6.07, 6.45) is 2.02. The summed E-state index contributed by atoms with van der Waals surface area (Å²) >= 11 is 0. The maximum absolute atomic E-state index is 13.6. The van der Waals surface area contributed by atoms with E-state index in [1.807, 2.05) is 43.0 Å². The predicted molar refractivity (Wildman–Crippen MR) is 144 cm³/mol. The van der Waals surface area contributed by atoms with E-state index in [2.05, 4.69) is 18.7 Å². The van der Waals surface area contributed by atoms with Crippen LogP contribution in [0.5, 0.6) is 0 Å². The normalized spacial score (nSPS) is 14.8. The predicted octanol–water partition coefficient (Wildman–Crippen LogP) is 5.44. The Kier molecular flexibility index (Phi) is 6.91. The van der Waals surface area contributed by atoms with Crippen LogP contribution in [0.3, 0.4) is 0 Å². The molecule has 0 bridgehead atoms. The number of hydrogen-bond acceptors (Lipinski definition) is 5. The van der Waals surface area contributed by atoms with Gasteiger partial charge in [-0.2, -0.15) is 5.10 Å². The third-order valence-corrected chi connectivity index (χ3v) is 7.10. The minimum Gasteiger partial charge on any atom is -0.352 e. The van der Waals surface area contributed by atoms with Crippen molar-refractivity contribution >= 4 is 22.8 Å². The monoisotopic (exact) mass is 500 g/mol. The standard InChI is InChI=1S/C29H33FN6O/c1-5-6-20(3)26-31-27(25-21(4)33-36(28(25)32-26)24-13-11-23(30)12-14-24)34-15-17-35(18-16-34)29(37)22-9-7-19(2)8-10-22/h7-14,20H,5-6,15-18H2,1-4H3. The molecule has 1 fully saturated rings. The summed E-state index contributed by atoms with van der Waals surface area (Å²) in [5.74, 6) is 1.60. The molecule has 0 N–H and O–H groups in total. The van der Waals surface area contributed by atoms with Crippen LogP contribution in [-0.4, -0.2) is 56.7 Å². The molecule has 37 heavy (non-hydrogen) atoms. The molecule has 2 aromatic heterocycles. The fourth-order valence-electron chi connectivity index (χ4n) is 4.95. The maximum Gasteiger partial charge on any atom is 0.253 e. The summed E-state index contributed by atoms with van der Waals surface area (Å²) in [4.78, 5) is 27.2. The summed E-state index contributed by atoms with van der Waals surface area (Å²) in [7, 11) is 0. The van der Waals surface area contributed by atoms with Crippen LogP contribution in [0.25, 0.3) is 16.7 Å². The molecule has 0 spiro atoms. The van der Waals surface area contributed by atoms with Crippen LogP contribution in [0.2, 0.25) is 0 Å². The number of benzene rings is 2. The highest BCUT2D eigenvalue weighted by Crippen LogP contribution is 2.32. The number of anilines is 1. The lowest BCUT2D eigenvalue weighted by Crippen LogP contribution is -2.49. The first-order valence-corrected chi connectivity index (χ1v) is 13.0. The number of aryl methyl sites for hydroxylation is 2. The first-order chi connectivity index (χ1) is 17.9. The Balaban J connectivity index is 1.49. The van der Waals surface area contributed by atoms with E-state index in [4.69, 9.17) is 15.1 Å². The van der Waals surface area contributed by atoms with Crippen molar-refractivity contribution in [1.29, 1.82) is 0 Å². The first kappa shape index (κ1) is 24.9. The molecule has 0 saturated carbocycles. The van der Waals surface area contributed by atoms with E-state index in [-0.39, 0.29) is 17.6 Å². The topological polar surface area (TPSA) is 67.2 Å². The molecule has 1 aliphatic heterocycles. The molecule has 8 heteroatoms. The molecule has 7 nitrogen and oxygen atoms in total. The van der Waals surface area contributed by atoms with E-state index in [0.717, 1.165) is 58.0 Å². The number of rotatable bonds is 6. The lowest BCUT2D eigenvalue weighted by Gasteiger charge is -2.36. The van der Waals surface area contributed by atoms with Crippen molar-refractivity contribution in [2.45, 2.75) is 46.5 Å². The van der Waals surface area contributed by atoms with Gasteiger partial charge in [0.1, 0.15) is 17.5 Å². The zero-order valence-corrected chi connectivity index (χ0v) is 21.9. The van der Waals surface area contributed by atoms with Crippen molar-refractivity contribution in [2.75, 3.05) is 31.1 Å². The van der Waals surface area contributed by atoms with Crippen LogP contribution >= 0.6 is 0 Å². The van der Waals surface area contributed by atoms with Gasteiger partial charge in [0.2, 0.25) is 0 Å². The Labute approximate surface area is 216 Å². The summed E-state index contributed by atoms with van der Waals surface area (Å²) in [6.45, 7) is 10.9. The zero-order chi connectivity index (χ0) is 26.1. The SMILES string of the molecule is CCCC(C)c1nc(N2CCN(C(=O)c3ccc(C)cc3)CC2)c2c(C)nn(-c3ccc(F)cc3)c2n1. The molecule has 1 unspecified atom stereocenters. The van der Waals surface area contributed by atoms with Crippen LogP contribution in [0, 0.1) is 19.7 Å². The van der Waals surface area contributed by atoms with Crippen molar-refractivity contribution in [3.8, 4) is 5.69 Å². The van der Waals surface area contributed by atoms with E-state index in [0.29, 0.717) is 26.2 Å². The Morgan fingerprint density at radius 3 is 2.30 bits per heavy atom. The van der Waals surface area contributed by atoms with Crippen LogP contribution in [0.15, 0.2) is 48.5 Å². The zero-order valence-electron chi connectivity index (χ0n) is 21.9. The lowest BCUT2D eigenvalue weighted by molar-refractivity contribution is 0.0746. The fraction of sp³-hybridized carbons (Fsp3) is 0.379. The minimum absolute atomic E-state index is 0.0602. The second kappa shape index (κ2) is 10.3. The molecule has 5 rings (SSSR count). The Morgan fingerprint density at radius 2 is 1.65 bits per heavy atom. The van der Waals surface area contributed by atoms with Gasteiger partial charge in [-0.1, -0.05) is 38.0 Å². The van der Waals surface area contributed by atoms with E-state index in [9.17, 15) is 9.18 Å². The molecule has 1 amide bonds.